The van der Waals surface area contributed by atoms with Crippen LogP contribution in [0.5, 0.6) is 11.5 Å². The Hall–Kier alpha value is -2.06. The zero-order valence-electron chi connectivity index (χ0n) is 15.9. The van der Waals surface area contributed by atoms with Crippen molar-refractivity contribution in [2.45, 2.75) is 51.1 Å². The highest BCUT2D eigenvalue weighted by Crippen LogP contribution is 2.38. The van der Waals surface area contributed by atoms with Gasteiger partial charge in [-0.1, -0.05) is 35.4 Å². The van der Waals surface area contributed by atoms with Crippen LogP contribution in [0, 0.1) is 0 Å². The average molecular weight is 413 g/mol. The minimum Gasteiger partial charge on any atom is -0.507 e. The molecule has 8 heteroatoms. The molecule has 1 unspecified atom stereocenters. The fourth-order valence-corrected chi connectivity index (χ4v) is 3.34. The lowest BCUT2D eigenvalue weighted by atomic mass is 9.99. The Bertz CT molecular complexity index is 787. The number of phenolic OH excluding ortho intramolecular Hbond substituents is 1. The highest BCUT2D eigenvalue weighted by Gasteiger charge is 2.26. The topological polar surface area (TPSA) is 116 Å². The van der Waals surface area contributed by atoms with Gasteiger partial charge in [0.25, 0.3) is 0 Å². The average Bonchev–Trinajstić information content (AvgIpc) is 2.61. The first-order valence-electron chi connectivity index (χ1n) is 8.84. The van der Waals surface area contributed by atoms with Gasteiger partial charge in [0.05, 0.1) is 18.2 Å². The predicted octanol–water partition coefficient (Wildman–Crippen LogP) is 2.44. The normalized spacial score (nSPS) is 29.7. The Morgan fingerprint density at radius 2 is 1.96 bits per heavy atom. The first-order chi connectivity index (χ1) is 13.1. The minimum atomic E-state index is -1.39. The summed E-state index contributed by atoms with van der Waals surface area (Å²) in [5, 5.41) is 40.7. The Morgan fingerprint density at radius 3 is 2.61 bits per heavy atom. The number of hydrogen-bond acceptors (Lipinski definition) is 7. The van der Waals surface area contributed by atoms with Gasteiger partial charge in [-0.2, -0.15) is 0 Å². The fourth-order valence-electron chi connectivity index (χ4n) is 3.05. The SMILES string of the molecule is COc1cc(O)c2c(c1Cl)/C=C/C[C@H](O)[C@H](O)C(O)/C=C(/C)C[C@H](C)OC2=O. The molecule has 28 heavy (non-hydrogen) atoms. The number of esters is 1. The summed E-state index contributed by atoms with van der Waals surface area (Å²) in [5.74, 6) is -0.951. The first kappa shape index (κ1) is 22.2. The van der Waals surface area contributed by atoms with Crippen molar-refractivity contribution in [1.29, 1.82) is 0 Å². The number of hydrogen-bond donors (Lipinski definition) is 4. The van der Waals surface area contributed by atoms with E-state index in [9.17, 15) is 25.2 Å². The number of carbonyl (C=O) groups is 1. The van der Waals surface area contributed by atoms with Crippen LogP contribution < -0.4 is 4.74 Å². The van der Waals surface area contributed by atoms with Crippen LogP contribution in [0.1, 0.15) is 42.6 Å². The molecule has 4 atom stereocenters. The van der Waals surface area contributed by atoms with E-state index in [2.05, 4.69) is 0 Å². The molecule has 2 rings (SSSR count). The summed E-state index contributed by atoms with van der Waals surface area (Å²) in [4.78, 5) is 12.7. The first-order valence-corrected chi connectivity index (χ1v) is 9.22. The van der Waals surface area contributed by atoms with Gasteiger partial charge in [0.1, 0.15) is 35.4 Å². The molecular formula is C20H25ClO7. The number of benzene rings is 1. The van der Waals surface area contributed by atoms with E-state index in [4.69, 9.17) is 21.1 Å². The molecule has 0 saturated carbocycles. The number of cyclic esters (lactones) is 1. The van der Waals surface area contributed by atoms with Crippen molar-refractivity contribution in [1.82, 2.24) is 0 Å². The second kappa shape index (κ2) is 9.43. The fraction of sp³-hybridized carbons (Fsp3) is 0.450. The second-order valence-corrected chi connectivity index (χ2v) is 7.20. The Balaban J connectivity index is 2.55. The Kier molecular flexibility index (Phi) is 7.48. The van der Waals surface area contributed by atoms with Gasteiger partial charge in [-0.25, -0.2) is 4.79 Å². The number of aliphatic hydroxyl groups is 3. The van der Waals surface area contributed by atoms with Crippen LogP contribution in [0.4, 0.5) is 0 Å². The molecule has 1 aromatic carbocycles. The molecule has 1 aliphatic heterocycles. The van der Waals surface area contributed by atoms with Crippen molar-refractivity contribution in [3.05, 3.63) is 39.9 Å². The highest BCUT2D eigenvalue weighted by atomic mass is 35.5. The van der Waals surface area contributed by atoms with Crippen molar-refractivity contribution in [2.75, 3.05) is 7.11 Å². The molecule has 1 heterocycles. The Labute approximate surface area is 168 Å². The van der Waals surface area contributed by atoms with Crippen molar-refractivity contribution in [3.63, 3.8) is 0 Å². The smallest absolute Gasteiger partial charge is 0.342 e. The van der Waals surface area contributed by atoms with Crippen molar-refractivity contribution in [3.8, 4) is 11.5 Å². The molecule has 0 aromatic heterocycles. The number of rotatable bonds is 1. The second-order valence-electron chi connectivity index (χ2n) is 6.82. The van der Waals surface area contributed by atoms with Gasteiger partial charge >= 0.3 is 5.97 Å². The third-order valence-electron chi connectivity index (χ3n) is 4.45. The molecule has 154 valence electrons. The summed E-state index contributed by atoms with van der Waals surface area (Å²) >= 11 is 6.31. The van der Waals surface area contributed by atoms with Crippen LogP contribution in [-0.2, 0) is 4.74 Å². The maximum absolute atomic E-state index is 12.7. The minimum absolute atomic E-state index is 0.0235. The van der Waals surface area contributed by atoms with Crippen LogP contribution in [0.15, 0.2) is 23.8 Å². The van der Waals surface area contributed by atoms with E-state index < -0.39 is 30.4 Å². The lowest BCUT2D eigenvalue weighted by molar-refractivity contribution is -0.0396. The van der Waals surface area contributed by atoms with Crippen molar-refractivity contribution >= 4 is 23.6 Å². The van der Waals surface area contributed by atoms with Gasteiger partial charge in [0, 0.05) is 18.1 Å². The molecule has 1 aromatic rings. The molecule has 7 nitrogen and oxygen atoms in total. The molecule has 0 fully saturated rings. The Morgan fingerprint density at radius 1 is 1.29 bits per heavy atom. The third-order valence-corrected chi connectivity index (χ3v) is 4.84. The van der Waals surface area contributed by atoms with Crippen molar-refractivity contribution < 1.29 is 34.7 Å². The molecule has 4 N–H and O–H groups in total. The number of fused-ring (bicyclic) bond motifs is 1. The molecular weight excluding hydrogens is 388 g/mol. The summed E-state index contributed by atoms with van der Waals surface area (Å²) in [7, 11) is 1.37. The van der Waals surface area contributed by atoms with Gasteiger partial charge in [-0.3, -0.25) is 0 Å². The number of phenols is 1. The number of ether oxygens (including phenoxy) is 2. The van der Waals surface area contributed by atoms with Crippen LogP contribution >= 0.6 is 11.6 Å². The number of halogens is 1. The number of aromatic hydroxyl groups is 1. The zero-order valence-corrected chi connectivity index (χ0v) is 16.7. The van der Waals surface area contributed by atoms with E-state index >= 15 is 0 Å². The summed E-state index contributed by atoms with van der Waals surface area (Å²) in [6, 6.07) is 1.23. The van der Waals surface area contributed by atoms with E-state index in [0.29, 0.717) is 12.0 Å². The molecule has 0 spiro atoms. The van der Waals surface area contributed by atoms with Crippen LogP contribution in [0.25, 0.3) is 6.08 Å². The number of methoxy groups -OCH3 is 1. The maximum Gasteiger partial charge on any atom is 0.342 e. The summed E-state index contributed by atoms with van der Waals surface area (Å²) in [6.07, 6.45) is 0.113. The lowest BCUT2D eigenvalue weighted by Gasteiger charge is -2.22. The summed E-state index contributed by atoms with van der Waals surface area (Å²) in [5.41, 5.74) is 0.716. The van der Waals surface area contributed by atoms with Crippen LogP contribution in [0.2, 0.25) is 5.02 Å². The quantitative estimate of drug-likeness (QED) is 0.413. The van der Waals surface area contributed by atoms with E-state index in [1.165, 1.54) is 31.4 Å². The van der Waals surface area contributed by atoms with Gasteiger partial charge in [0.15, 0.2) is 0 Å². The molecule has 0 saturated heterocycles. The van der Waals surface area contributed by atoms with Gasteiger partial charge < -0.3 is 29.9 Å². The van der Waals surface area contributed by atoms with E-state index in [0.717, 1.165) is 0 Å². The van der Waals surface area contributed by atoms with Gasteiger partial charge in [-0.05, 0) is 20.3 Å². The molecule has 0 bridgehead atoms. The van der Waals surface area contributed by atoms with E-state index in [-0.39, 0.29) is 34.1 Å². The van der Waals surface area contributed by atoms with Crippen LogP contribution in [0.3, 0.4) is 0 Å². The standard InChI is InChI=1S/C20H25ClO7/c1-10-7-11(2)28-20(26)17-12(18(21)16(27-3)9-14(17)23)5-4-6-13(22)19(25)15(24)8-10/h4-5,8-9,11,13,15,19,22-25H,6-7H2,1-3H3/b5-4+,10-8-/t11-,13-,15?,19-/m0/s1. The summed E-state index contributed by atoms with van der Waals surface area (Å²) in [6.45, 7) is 3.38. The van der Waals surface area contributed by atoms with Gasteiger partial charge in [-0.15, -0.1) is 0 Å². The largest absolute Gasteiger partial charge is 0.507 e. The lowest BCUT2D eigenvalue weighted by Crippen LogP contribution is -2.36. The maximum atomic E-state index is 12.7. The van der Waals surface area contributed by atoms with Gasteiger partial charge in [0.2, 0.25) is 0 Å². The molecule has 1 aliphatic rings. The van der Waals surface area contributed by atoms with E-state index in [1.54, 1.807) is 13.8 Å². The number of aliphatic hydroxyl groups excluding tert-OH is 3. The zero-order chi connectivity index (χ0) is 21.0. The van der Waals surface area contributed by atoms with Crippen LogP contribution in [-0.4, -0.2) is 57.9 Å². The highest BCUT2D eigenvalue weighted by molar-refractivity contribution is 6.34. The monoisotopic (exact) mass is 412 g/mol. The molecule has 0 radical (unpaired) electrons. The predicted molar refractivity (Wildman–Crippen MR) is 105 cm³/mol. The number of carbonyl (C=O) groups excluding carboxylic acids is 1. The van der Waals surface area contributed by atoms with Crippen molar-refractivity contribution in [2.24, 2.45) is 0 Å². The molecule has 0 aliphatic carbocycles. The third kappa shape index (κ3) is 5.05. The summed E-state index contributed by atoms with van der Waals surface area (Å²) < 4.78 is 10.5. The molecule has 0 amide bonds. The van der Waals surface area contributed by atoms with E-state index in [1.807, 2.05) is 0 Å².